The number of esters is 1. The smallest absolute Gasteiger partial charge is 0.410 e. The number of nitrogens with one attached hydrogen (secondary N) is 2. The molecule has 148 valence electrons. The third-order valence-electron chi connectivity index (χ3n) is 4.42. The van der Waals surface area contributed by atoms with Gasteiger partial charge in [-0.15, -0.1) is 0 Å². The van der Waals surface area contributed by atoms with Gasteiger partial charge in [0.05, 0.1) is 17.1 Å². The monoisotopic (exact) mass is 376 g/mol. The molecule has 1 atom stereocenters. The van der Waals surface area contributed by atoms with E-state index in [2.05, 4.69) is 21.6 Å². The van der Waals surface area contributed by atoms with E-state index < -0.39 is 5.60 Å². The van der Waals surface area contributed by atoms with Crippen LogP contribution in [0.1, 0.15) is 27.7 Å². The number of ether oxygens (including phenoxy) is 2. The van der Waals surface area contributed by atoms with Crippen LogP contribution in [-0.2, 0) is 14.3 Å². The van der Waals surface area contributed by atoms with Gasteiger partial charge in [-0.2, -0.15) is 0 Å². The lowest BCUT2D eigenvalue weighted by Gasteiger charge is -2.37. The van der Waals surface area contributed by atoms with E-state index >= 15 is 0 Å². The Labute approximate surface area is 159 Å². The molecule has 1 saturated heterocycles. The average Bonchev–Trinajstić information content (AvgIpc) is 3.01. The highest BCUT2D eigenvalue weighted by molar-refractivity contribution is 5.87. The van der Waals surface area contributed by atoms with Crippen molar-refractivity contribution in [2.45, 2.75) is 39.5 Å². The zero-order valence-corrected chi connectivity index (χ0v) is 16.4. The van der Waals surface area contributed by atoms with Crippen LogP contribution in [0.5, 0.6) is 0 Å². The molecule has 3 rings (SSSR count). The lowest BCUT2D eigenvalue weighted by atomic mass is 10.2. The fraction of sp³-hybridized carbons (Fsp3) is 0.579. The van der Waals surface area contributed by atoms with Crippen molar-refractivity contribution in [3.8, 4) is 0 Å². The normalized spacial score (nSPS) is 19.0. The molecule has 27 heavy (non-hydrogen) atoms. The van der Waals surface area contributed by atoms with Gasteiger partial charge in [0, 0.05) is 33.1 Å². The summed E-state index contributed by atoms with van der Waals surface area (Å²) < 4.78 is 10.5. The summed E-state index contributed by atoms with van der Waals surface area (Å²) in [5, 5.41) is 6.71. The molecule has 8 nitrogen and oxygen atoms in total. The largest absolute Gasteiger partial charge is 0.462 e. The highest BCUT2D eigenvalue weighted by atomic mass is 16.6. The van der Waals surface area contributed by atoms with E-state index in [9.17, 15) is 9.59 Å². The molecule has 1 fully saturated rings. The first-order valence-electron chi connectivity index (χ1n) is 9.25. The minimum absolute atomic E-state index is 0.145. The SMILES string of the molecule is CC(=O)OCC1Nc2cccc(N3CCN(C(=O)OC(C)(C)C)CC3)c2N1. The van der Waals surface area contributed by atoms with E-state index in [1.807, 2.05) is 32.9 Å². The summed E-state index contributed by atoms with van der Waals surface area (Å²) in [7, 11) is 0. The molecular weight excluding hydrogens is 348 g/mol. The number of nitrogens with zero attached hydrogens (tertiary/aromatic N) is 2. The van der Waals surface area contributed by atoms with Crippen molar-refractivity contribution in [1.82, 2.24) is 4.90 Å². The second-order valence-electron chi connectivity index (χ2n) is 7.80. The number of rotatable bonds is 3. The Kier molecular flexibility index (Phi) is 5.34. The van der Waals surface area contributed by atoms with Crippen molar-refractivity contribution >= 4 is 29.1 Å². The third kappa shape index (κ3) is 4.75. The van der Waals surface area contributed by atoms with E-state index in [0.29, 0.717) is 13.1 Å². The van der Waals surface area contributed by atoms with Gasteiger partial charge in [0.15, 0.2) is 0 Å². The van der Waals surface area contributed by atoms with Crippen molar-refractivity contribution in [3.63, 3.8) is 0 Å². The summed E-state index contributed by atoms with van der Waals surface area (Å²) in [4.78, 5) is 27.3. The predicted octanol–water partition coefficient (Wildman–Crippen LogP) is 2.47. The topological polar surface area (TPSA) is 83.1 Å². The van der Waals surface area contributed by atoms with Gasteiger partial charge in [0.25, 0.3) is 0 Å². The Bertz CT molecular complexity index is 708. The number of amides is 1. The molecule has 1 aromatic carbocycles. The maximum absolute atomic E-state index is 12.2. The van der Waals surface area contributed by atoms with Crippen molar-refractivity contribution in [1.29, 1.82) is 0 Å². The number of hydrogen-bond donors (Lipinski definition) is 2. The van der Waals surface area contributed by atoms with Crippen molar-refractivity contribution in [3.05, 3.63) is 18.2 Å². The minimum atomic E-state index is -0.485. The Morgan fingerprint density at radius 3 is 2.48 bits per heavy atom. The molecule has 1 amide bonds. The Balaban J connectivity index is 1.61. The maximum Gasteiger partial charge on any atom is 0.410 e. The molecule has 0 spiro atoms. The molecule has 0 saturated carbocycles. The molecule has 2 aliphatic heterocycles. The third-order valence-corrected chi connectivity index (χ3v) is 4.42. The second-order valence-corrected chi connectivity index (χ2v) is 7.80. The Morgan fingerprint density at radius 1 is 1.15 bits per heavy atom. The molecule has 0 aliphatic carbocycles. The molecule has 2 N–H and O–H groups in total. The molecule has 0 bridgehead atoms. The van der Waals surface area contributed by atoms with E-state index in [4.69, 9.17) is 9.47 Å². The van der Waals surface area contributed by atoms with Gasteiger partial charge in [0.1, 0.15) is 18.4 Å². The van der Waals surface area contributed by atoms with Crippen LogP contribution in [0.4, 0.5) is 21.9 Å². The van der Waals surface area contributed by atoms with Gasteiger partial charge >= 0.3 is 12.1 Å². The minimum Gasteiger partial charge on any atom is -0.462 e. The summed E-state index contributed by atoms with van der Waals surface area (Å²) in [6.07, 6.45) is -0.408. The molecule has 2 heterocycles. The van der Waals surface area contributed by atoms with E-state index in [0.717, 1.165) is 30.2 Å². The number of carbonyl (C=O) groups excluding carboxylic acids is 2. The number of anilines is 3. The van der Waals surface area contributed by atoms with Crippen LogP contribution in [-0.4, -0.2) is 61.5 Å². The van der Waals surface area contributed by atoms with Crippen LogP contribution in [0.25, 0.3) is 0 Å². The summed E-state index contributed by atoms with van der Waals surface area (Å²) in [6.45, 7) is 9.97. The molecular formula is C19H28N4O4. The number of fused-ring (bicyclic) bond motifs is 1. The summed E-state index contributed by atoms with van der Waals surface area (Å²) in [5.41, 5.74) is 2.58. The molecule has 2 aliphatic rings. The lowest BCUT2D eigenvalue weighted by molar-refractivity contribution is -0.141. The Hall–Kier alpha value is -2.64. The van der Waals surface area contributed by atoms with E-state index in [1.165, 1.54) is 6.92 Å². The first-order valence-corrected chi connectivity index (χ1v) is 9.25. The zero-order valence-electron chi connectivity index (χ0n) is 16.4. The zero-order chi connectivity index (χ0) is 19.6. The predicted molar refractivity (Wildman–Crippen MR) is 104 cm³/mol. The average molecular weight is 376 g/mol. The Morgan fingerprint density at radius 2 is 1.85 bits per heavy atom. The lowest BCUT2D eigenvalue weighted by Crippen LogP contribution is -2.50. The van der Waals surface area contributed by atoms with Gasteiger partial charge in [0.2, 0.25) is 0 Å². The quantitative estimate of drug-likeness (QED) is 0.784. The molecule has 1 unspecified atom stereocenters. The fourth-order valence-corrected chi connectivity index (χ4v) is 3.21. The van der Waals surface area contributed by atoms with Crippen molar-refractivity contribution < 1.29 is 19.1 Å². The van der Waals surface area contributed by atoms with Crippen LogP contribution < -0.4 is 15.5 Å². The van der Waals surface area contributed by atoms with Crippen LogP contribution in [0.15, 0.2) is 18.2 Å². The van der Waals surface area contributed by atoms with Crippen LogP contribution in [0.2, 0.25) is 0 Å². The highest BCUT2D eigenvalue weighted by Gasteiger charge is 2.29. The van der Waals surface area contributed by atoms with Gasteiger partial charge in [-0.25, -0.2) is 4.79 Å². The molecule has 8 heteroatoms. The number of benzene rings is 1. The van der Waals surface area contributed by atoms with Gasteiger partial charge in [-0.3, -0.25) is 4.79 Å². The van der Waals surface area contributed by atoms with Gasteiger partial charge in [-0.1, -0.05) is 6.07 Å². The summed E-state index contributed by atoms with van der Waals surface area (Å²) in [6, 6.07) is 6.05. The fourth-order valence-electron chi connectivity index (χ4n) is 3.21. The number of hydrogen-bond acceptors (Lipinski definition) is 7. The number of piperazine rings is 1. The first-order chi connectivity index (χ1) is 12.7. The molecule has 1 aromatic rings. The van der Waals surface area contributed by atoms with Gasteiger partial charge < -0.3 is 29.9 Å². The molecule has 0 radical (unpaired) electrons. The standard InChI is InChI=1S/C19H28N4O4/c1-13(24)26-12-16-20-14-6-5-7-15(17(14)21-16)22-8-10-23(11-9-22)18(25)27-19(2,3)4/h5-7,16,20-21H,8-12H2,1-4H3. The summed E-state index contributed by atoms with van der Waals surface area (Å²) >= 11 is 0. The highest BCUT2D eigenvalue weighted by Crippen LogP contribution is 2.38. The first kappa shape index (κ1) is 19.1. The second kappa shape index (κ2) is 7.54. The molecule has 0 aromatic heterocycles. The van der Waals surface area contributed by atoms with E-state index in [-0.39, 0.29) is 24.8 Å². The van der Waals surface area contributed by atoms with E-state index in [1.54, 1.807) is 4.90 Å². The maximum atomic E-state index is 12.2. The number of para-hydroxylation sites is 1. The van der Waals surface area contributed by atoms with Crippen LogP contribution in [0.3, 0.4) is 0 Å². The summed E-state index contributed by atoms with van der Waals surface area (Å²) in [5.74, 6) is -0.298. The van der Waals surface area contributed by atoms with Crippen molar-refractivity contribution in [2.24, 2.45) is 0 Å². The van der Waals surface area contributed by atoms with Crippen LogP contribution in [0, 0.1) is 0 Å². The van der Waals surface area contributed by atoms with Gasteiger partial charge in [-0.05, 0) is 32.9 Å². The van der Waals surface area contributed by atoms with Crippen LogP contribution >= 0.6 is 0 Å². The van der Waals surface area contributed by atoms with Crippen molar-refractivity contribution in [2.75, 3.05) is 48.3 Å². The number of carbonyl (C=O) groups is 2.